The molecule has 0 bridgehead atoms. The van der Waals surface area contributed by atoms with Crippen LogP contribution in [0.25, 0.3) is 0 Å². The average molecular weight is 225 g/mol. The van der Waals surface area contributed by atoms with Crippen LogP contribution in [0, 0.1) is 5.41 Å². The molecule has 1 saturated heterocycles. The van der Waals surface area contributed by atoms with Crippen molar-refractivity contribution >= 4 is 0 Å². The third-order valence-electron chi connectivity index (χ3n) is 3.61. The summed E-state index contributed by atoms with van der Waals surface area (Å²) in [4.78, 5) is 0. The van der Waals surface area contributed by atoms with Crippen LogP contribution in [0.1, 0.15) is 24.6 Å². The van der Waals surface area contributed by atoms with Crippen molar-refractivity contribution in [2.45, 2.75) is 18.9 Å². The average Bonchev–Trinajstić information content (AvgIpc) is 2.75. The van der Waals surface area contributed by atoms with Gasteiger partial charge in [-0.15, -0.1) is 0 Å². The van der Waals surface area contributed by atoms with Crippen LogP contribution in [-0.4, -0.2) is 34.6 Å². The Morgan fingerprint density at radius 2 is 2.31 bits per heavy atom. The van der Waals surface area contributed by atoms with Crippen LogP contribution in [0.4, 0.5) is 0 Å². The topological polar surface area (TPSA) is 73.3 Å². The van der Waals surface area contributed by atoms with Crippen molar-refractivity contribution in [3.63, 3.8) is 0 Å². The molecule has 5 nitrogen and oxygen atoms in total. The first-order valence-electron chi connectivity index (χ1n) is 5.63. The number of aliphatic hydroxyl groups is 1. The molecule has 1 atom stereocenters. The Kier molecular flexibility index (Phi) is 3.28. The molecule has 2 heterocycles. The monoisotopic (exact) mass is 225 g/mol. The predicted molar refractivity (Wildman–Crippen MR) is 59.7 cm³/mol. The third kappa shape index (κ3) is 1.86. The summed E-state index contributed by atoms with van der Waals surface area (Å²) in [6.45, 7) is 1.82. The summed E-state index contributed by atoms with van der Waals surface area (Å²) in [5.41, 5.74) is 6.42. The summed E-state index contributed by atoms with van der Waals surface area (Å²) < 4.78 is 7.04. The minimum Gasteiger partial charge on any atom is -0.386 e. The van der Waals surface area contributed by atoms with Crippen molar-refractivity contribution < 1.29 is 9.84 Å². The van der Waals surface area contributed by atoms with Gasteiger partial charge in [0.05, 0.1) is 5.69 Å². The van der Waals surface area contributed by atoms with Crippen molar-refractivity contribution in [2.75, 3.05) is 19.8 Å². The van der Waals surface area contributed by atoms with Crippen LogP contribution in [0.15, 0.2) is 12.3 Å². The van der Waals surface area contributed by atoms with E-state index < -0.39 is 6.10 Å². The van der Waals surface area contributed by atoms with E-state index >= 15 is 0 Å². The second-order valence-electron chi connectivity index (χ2n) is 4.46. The van der Waals surface area contributed by atoms with Gasteiger partial charge in [0.2, 0.25) is 0 Å². The van der Waals surface area contributed by atoms with Gasteiger partial charge in [-0.25, -0.2) is 0 Å². The minimum atomic E-state index is -0.561. The van der Waals surface area contributed by atoms with Gasteiger partial charge < -0.3 is 15.6 Å². The maximum absolute atomic E-state index is 10.5. The Hall–Kier alpha value is -0.910. The summed E-state index contributed by atoms with van der Waals surface area (Å²) in [5, 5.41) is 14.6. The molecule has 90 valence electrons. The Morgan fingerprint density at radius 3 is 2.81 bits per heavy atom. The number of aryl methyl sites for hydroxylation is 1. The van der Waals surface area contributed by atoms with Crippen LogP contribution in [0.2, 0.25) is 0 Å². The van der Waals surface area contributed by atoms with Crippen LogP contribution in [-0.2, 0) is 11.8 Å². The highest BCUT2D eigenvalue weighted by atomic mass is 16.5. The van der Waals surface area contributed by atoms with E-state index in [-0.39, 0.29) is 5.41 Å². The lowest BCUT2D eigenvalue weighted by Crippen LogP contribution is -2.42. The van der Waals surface area contributed by atoms with E-state index in [2.05, 4.69) is 5.10 Å². The van der Waals surface area contributed by atoms with Gasteiger partial charge in [0, 0.05) is 38.4 Å². The van der Waals surface area contributed by atoms with E-state index in [9.17, 15) is 5.11 Å². The summed E-state index contributed by atoms with van der Waals surface area (Å²) in [7, 11) is 1.84. The zero-order valence-corrected chi connectivity index (χ0v) is 9.59. The molecule has 2 rings (SSSR count). The molecule has 1 fully saturated rings. The van der Waals surface area contributed by atoms with E-state index in [0.29, 0.717) is 19.8 Å². The maximum Gasteiger partial charge on any atom is 0.103 e. The summed E-state index contributed by atoms with van der Waals surface area (Å²) in [6, 6.07) is 1.84. The number of aliphatic hydroxyl groups excluding tert-OH is 1. The lowest BCUT2D eigenvalue weighted by atomic mass is 9.74. The number of aromatic nitrogens is 2. The second-order valence-corrected chi connectivity index (χ2v) is 4.46. The van der Waals surface area contributed by atoms with Crippen molar-refractivity contribution in [3.05, 3.63) is 18.0 Å². The number of rotatable bonds is 3. The van der Waals surface area contributed by atoms with Crippen molar-refractivity contribution in [2.24, 2.45) is 18.2 Å². The van der Waals surface area contributed by atoms with Gasteiger partial charge in [-0.3, -0.25) is 4.68 Å². The first-order valence-corrected chi connectivity index (χ1v) is 5.63. The highest BCUT2D eigenvalue weighted by Crippen LogP contribution is 2.41. The van der Waals surface area contributed by atoms with Crippen LogP contribution in [0.5, 0.6) is 0 Å². The Morgan fingerprint density at radius 1 is 1.62 bits per heavy atom. The molecule has 0 radical (unpaired) electrons. The normalized spacial score (nSPS) is 21.9. The minimum absolute atomic E-state index is 0.258. The molecule has 3 N–H and O–H groups in total. The number of hydrogen-bond donors (Lipinski definition) is 2. The van der Waals surface area contributed by atoms with Gasteiger partial charge in [-0.05, 0) is 18.9 Å². The number of nitrogens with two attached hydrogens (primary N) is 1. The number of hydrogen-bond acceptors (Lipinski definition) is 4. The molecule has 0 amide bonds. The van der Waals surface area contributed by atoms with Crippen molar-refractivity contribution in [3.8, 4) is 0 Å². The Balaban J connectivity index is 2.24. The SMILES string of the molecule is Cn1nccc1[C@@H](O)C1(CN)CCOCC1. The fourth-order valence-corrected chi connectivity index (χ4v) is 2.33. The second kappa shape index (κ2) is 4.53. The molecule has 0 saturated carbocycles. The van der Waals surface area contributed by atoms with Crippen molar-refractivity contribution in [1.82, 2.24) is 9.78 Å². The van der Waals surface area contributed by atoms with E-state index in [1.54, 1.807) is 10.9 Å². The van der Waals surface area contributed by atoms with E-state index in [1.165, 1.54) is 0 Å². The van der Waals surface area contributed by atoms with Gasteiger partial charge in [-0.2, -0.15) is 5.10 Å². The Labute approximate surface area is 95.2 Å². The van der Waals surface area contributed by atoms with Crippen LogP contribution >= 0.6 is 0 Å². The van der Waals surface area contributed by atoms with Gasteiger partial charge in [0.15, 0.2) is 0 Å². The standard InChI is InChI=1S/C11H19N3O2/c1-14-9(2-5-13-14)10(15)11(8-12)3-6-16-7-4-11/h2,5,10,15H,3-4,6-8,12H2,1H3/t10-/m1/s1. The molecular weight excluding hydrogens is 206 g/mol. The van der Waals surface area contributed by atoms with Crippen LogP contribution in [0.3, 0.4) is 0 Å². The summed E-state index contributed by atoms with van der Waals surface area (Å²) >= 11 is 0. The lowest BCUT2D eigenvalue weighted by molar-refractivity contribution is -0.0610. The highest BCUT2D eigenvalue weighted by molar-refractivity contribution is 5.10. The van der Waals surface area contributed by atoms with Crippen molar-refractivity contribution in [1.29, 1.82) is 0 Å². The molecular formula is C11H19N3O2. The molecule has 1 aromatic heterocycles. The molecule has 1 aliphatic rings. The molecule has 1 aromatic rings. The van der Waals surface area contributed by atoms with Gasteiger partial charge in [0.25, 0.3) is 0 Å². The molecule has 0 spiro atoms. The third-order valence-corrected chi connectivity index (χ3v) is 3.61. The quantitative estimate of drug-likeness (QED) is 0.771. The molecule has 0 aromatic carbocycles. The summed E-state index contributed by atoms with van der Waals surface area (Å²) in [5.74, 6) is 0. The Bertz CT molecular complexity index is 345. The van der Waals surface area contributed by atoms with Gasteiger partial charge >= 0.3 is 0 Å². The summed E-state index contributed by atoms with van der Waals surface area (Å²) in [6.07, 6.45) is 2.74. The zero-order chi connectivity index (χ0) is 11.6. The molecule has 0 unspecified atom stereocenters. The number of nitrogens with zero attached hydrogens (tertiary/aromatic N) is 2. The number of ether oxygens (including phenoxy) is 1. The molecule has 1 aliphatic heterocycles. The largest absolute Gasteiger partial charge is 0.386 e. The molecule has 0 aliphatic carbocycles. The highest BCUT2D eigenvalue weighted by Gasteiger charge is 2.40. The van der Waals surface area contributed by atoms with Gasteiger partial charge in [0.1, 0.15) is 6.10 Å². The fraction of sp³-hybridized carbons (Fsp3) is 0.727. The van der Waals surface area contributed by atoms with Gasteiger partial charge in [-0.1, -0.05) is 0 Å². The fourth-order valence-electron chi connectivity index (χ4n) is 2.33. The zero-order valence-electron chi connectivity index (χ0n) is 9.59. The van der Waals surface area contributed by atoms with E-state index in [1.807, 2.05) is 13.1 Å². The maximum atomic E-state index is 10.5. The van der Waals surface area contributed by atoms with Crippen LogP contribution < -0.4 is 5.73 Å². The first kappa shape index (κ1) is 11.6. The van der Waals surface area contributed by atoms with E-state index in [4.69, 9.17) is 10.5 Å². The predicted octanol–water partition coefficient (Wildman–Crippen LogP) is 0.209. The molecule has 5 heteroatoms. The van der Waals surface area contributed by atoms with E-state index in [0.717, 1.165) is 18.5 Å². The lowest BCUT2D eigenvalue weighted by Gasteiger charge is -2.39. The molecule has 16 heavy (non-hydrogen) atoms. The first-order chi connectivity index (χ1) is 7.69. The smallest absolute Gasteiger partial charge is 0.103 e.